The number of carboxylic acid groups (broad SMARTS) is 1. The number of aromatic nitrogens is 1. The molecule has 0 atom stereocenters. The van der Waals surface area contributed by atoms with E-state index in [2.05, 4.69) is 4.98 Å². The molecule has 0 radical (unpaired) electrons. The van der Waals surface area contributed by atoms with Crippen LogP contribution >= 0.6 is 0 Å². The Morgan fingerprint density at radius 3 is 2.71 bits per heavy atom. The third-order valence-electron chi connectivity index (χ3n) is 2.90. The van der Waals surface area contributed by atoms with E-state index in [0.717, 1.165) is 0 Å². The summed E-state index contributed by atoms with van der Waals surface area (Å²) < 4.78 is 0. The molecule has 0 amide bonds. The van der Waals surface area contributed by atoms with Crippen molar-refractivity contribution in [3.8, 4) is 17.2 Å². The van der Waals surface area contributed by atoms with Gasteiger partial charge in [-0.3, -0.25) is 10.1 Å². The first kappa shape index (κ1) is 14.1. The van der Waals surface area contributed by atoms with Crippen LogP contribution in [0.25, 0.3) is 11.1 Å². The van der Waals surface area contributed by atoms with E-state index in [0.29, 0.717) is 11.1 Å². The zero-order valence-electron chi connectivity index (χ0n) is 10.9. The van der Waals surface area contributed by atoms with Gasteiger partial charge in [-0.2, -0.15) is 5.26 Å². The minimum atomic E-state index is -1.23. The molecule has 21 heavy (non-hydrogen) atoms. The summed E-state index contributed by atoms with van der Waals surface area (Å²) in [7, 11) is 0. The van der Waals surface area contributed by atoms with Crippen molar-refractivity contribution in [3.63, 3.8) is 0 Å². The van der Waals surface area contributed by atoms with Crippen LogP contribution in [0, 0.1) is 28.4 Å². The molecule has 0 aliphatic carbocycles. The number of nitriles is 1. The third-order valence-corrected chi connectivity index (χ3v) is 2.90. The van der Waals surface area contributed by atoms with Gasteiger partial charge in [0.25, 0.3) is 5.69 Å². The number of hydrogen-bond acceptors (Lipinski definition) is 5. The Balaban J connectivity index is 2.73. The molecule has 0 saturated carbocycles. The van der Waals surface area contributed by atoms with Gasteiger partial charge in [0.15, 0.2) is 0 Å². The first-order valence-electron chi connectivity index (χ1n) is 5.84. The molecule has 0 unspecified atom stereocenters. The van der Waals surface area contributed by atoms with E-state index in [-0.39, 0.29) is 22.6 Å². The molecule has 0 aliphatic rings. The minimum Gasteiger partial charge on any atom is -0.477 e. The van der Waals surface area contributed by atoms with Crippen molar-refractivity contribution in [1.29, 1.82) is 5.26 Å². The molecule has 7 heteroatoms. The molecule has 104 valence electrons. The van der Waals surface area contributed by atoms with Gasteiger partial charge in [-0.1, -0.05) is 12.1 Å². The lowest BCUT2D eigenvalue weighted by atomic mass is 9.98. The zero-order chi connectivity index (χ0) is 15.6. The van der Waals surface area contributed by atoms with Gasteiger partial charge >= 0.3 is 5.97 Å². The number of aryl methyl sites for hydroxylation is 1. The van der Waals surface area contributed by atoms with Gasteiger partial charge in [-0.15, -0.1) is 0 Å². The molecule has 1 aromatic carbocycles. The van der Waals surface area contributed by atoms with E-state index in [1.165, 1.54) is 31.2 Å². The van der Waals surface area contributed by atoms with Crippen molar-refractivity contribution in [2.45, 2.75) is 6.92 Å². The Morgan fingerprint density at radius 2 is 2.14 bits per heavy atom. The van der Waals surface area contributed by atoms with Crippen molar-refractivity contribution < 1.29 is 14.8 Å². The fourth-order valence-electron chi connectivity index (χ4n) is 1.94. The monoisotopic (exact) mass is 283 g/mol. The zero-order valence-corrected chi connectivity index (χ0v) is 10.9. The summed E-state index contributed by atoms with van der Waals surface area (Å²) in [6.45, 7) is 1.52. The first-order chi connectivity index (χ1) is 9.93. The van der Waals surface area contributed by atoms with Crippen LogP contribution in [0.5, 0.6) is 0 Å². The number of pyridine rings is 1. The van der Waals surface area contributed by atoms with E-state index in [9.17, 15) is 20.2 Å². The Morgan fingerprint density at radius 1 is 1.43 bits per heavy atom. The fraction of sp³-hybridized carbons (Fsp3) is 0.0714. The number of benzene rings is 1. The molecule has 0 fully saturated rings. The highest BCUT2D eigenvalue weighted by atomic mass is 16.6. The van der Waals surface area contributed by atoms with Crippen LogP contribution < -0.4 is 0 Å². The number of nitrogens with zero attached hydrogens (tertiary/aromatic N) is 3. The Labute approximate surface area is 119 Å². The number of aromatic carboxylic acids is 1. The van der Waals surface area contributed by atoms with Crippen LogP contribution in [0.15, 0.2) is 30.3 Å². The van der Waals surface area contributed by atoms with E-state index < -0.39 is 10.9 Å². The second kappa shape index (κ2) is 5.38. The van der Waals surface area contributed by atoms with Crippen LogP contribution in [-0.2, 0) is 0 Å². The standard InChI is InChI=1S/C14H9N3O4/c1-8-12(7-15)11(6-13(16-8)14(18)19)9-3-2-4-10(5-9)17(20)21/h2-6H,1H3,(H,18,19). The molecule has 0 spiro atoms. The van der Waals surface area contributed by atoms with E-state index in [1.54, 1.807) is 6.07 Å². The third kappa shape index (κ3) is 2.69. The molecule has 1 aromatic heterocycles. The van der Waals surface area contributed by atoms with Gasteiger partial charge in [-0.05, 0) is 18.6 Å². The summed E-state index contributed by atoms with van der Waals surface area (Å²) in [6, 6.07) is 8.86. The quantitative estimate of drug-likeness (QED) is 0.683. The van der Waals surface area contributed by atoms with E-state index in [1.807, 2.05) is 6.07 Å². The number of non-ortho nitro benzene ring substituents is 1. The van der Waals surface area contributed by atoms with Crippen LogP contribution in [-0.4, -0.2) is 21.0 Å². The van der Waals surface area contributed by atoms with E-state index in [4.69, 9.17) is 5.11 Å². The van der Waals surface area contributed by atoms with Crippen molar-refractivity contribution in [1.82, 2.24) is 4.98 Å². The number of nitro benzene ring substituents is 1. The summed E-state index contributed by atoms with van der Waals surface area (Å²) in [6.07, 6.45) is 0. The highest BCUT2D eigenvalue weighted by Gasteiger charge is 2.16. The minimum absolute atomic E-state index is 0.136. The molecule has 0 bridgehead atoms. The van der Waals surface area contributed by atoms with Gasteiger partial charge in [-0.25, -0.2) is 9.78 Å². The second-order valence-corrected chi connectivity index (χ2v) is 4.24. The molecule has 2 aromatic rings. The van der Waals surface area contributed by atoms with Crippen molar-refractivity contribution >= 4 is 11.7 Å². The number of carboxylic acids is 1. The highest BCUT2D eigenvalue weighted by molar-refractivity contribution is 5.88. The number of rotatable bonds is 3. The van der Waals surface area contributed by atoms with Gasteiger partial charge in [0.2, 0.25) is 0 Å². The van der Waals surface area contributed by atoms with Gasteiger partial charge in [0.05, 0.1) is 16.2 Å². The summed E-state index contributed by atoms with van der Waals surface area (Å²) in [5.41, 5.74) is 0.815. The summed E-state index contributed by atoms with van der Waals surface area (Å²) in [4.78, 5) is 25.2. The molecule has 1 heterocycles. The number of nitro groups is 1. The maximum absolute atomic E-state index is 11.1. The number of carbonyl (C=O) groups is 1. The molecule has 1 N–H and O–H groups in total. The Hall–Kier alpha value is -3.27. The predicted molar refractivity (Wildman–Crippen MR) is 72.7 cm³/mol. The van der Waals surface area contributed by atoms with Crippen LogP contribution in [0.4, 0.5) is 5.69 Å². The summed E-state index contributed by atoms with van der Waals surface area (Å²) in [5, 5.41) is 29.0. The lowest BCUT2D eigenvalue weighted by Crippen LogP contribution is -2.04. The van der Waals surface area contributed by atoms with Crippen LogP contribution in [0.2, 0.25) is 0 Å². The highest BCUT2D eigenvalue weighted by Crippen LogP contribution is 2.28. The maximum atomic E-state index is 11.1. The molecule has 2 rings (SSSR count). The van der Waals surface area contributed by atoms with Gasteiger partial charge in [0.1, 0.15) is 11.8 Å². The first-order valence-corrected chi connectivity index (χ1v) is 5.84. The average Bonchev–Trinajstić information content (AvgIpc) is 2.46. The van der Waals surface area contributed by atoms with Gasteiger partial charge < -0.3 is 5.11 Å². The summed E-state index contributed by atoms with van der Waals surface area (Å²) >= 11 is 0. The van der Waals surface area contributed by atoms with Crippen molar-refractivity contribution in [2.75, 3.05) is 0 Å². The molecule has 7 nitrogen and oxygen atoms in total. The largest absolute Gasteiger partial charge is 0.477 e. The predicted octanol–water partition coefficient (Wildman–Crippen LogP) is 2.54. The fourth-order valence-corrected chi connectivity index (χ4v) is 1.94. The topological polar surface area (TPSA) is 117 Å². The SMILES string of the molecule is Cc1nc(C(=O)O)cc(-c2cccc([N+](=O)[O-])c2)c1C#N. The average molecular weight is 283 g/mol. The smallest absolute Gasteiger partial charge is 0.354 e. The van der Waals surface area contributed by atoms with E-state index >= 15 is 0 Å². The number of hydrogen-bond donors (Lipinski definition) is 1. The lowest BCUT2D eigenvalue weighted by Gasteiger charge is -2.08. The second-order valence-electron chi connectivity index (χ2n) is 4.24. The molecular formula is C14H9N3O4. The molecule has 0 saturated heterocycles. The van der Waals surface area contributed by atoms with Gasteiger partial charge in [0, 0.05) is 17.7 Å². The van der Waals surface area contributed by atoms with Crippen molar-refractivity contribution in [3.05, 3.63) is 57.4 Å². The molecule has 0 aliphatic heterocycles. The summed E-state index contributed by atoms with van der Waals surface area (Å²) in [5.74, 6) is -1.23. The lowest BCUT2D eigenvalue weighted by molar-refractivity contribution is -0.384. The normalized spacial score (nSPS) is 9.90. The van der Waals surface area contributed by atoms with Crippen LogP contribution in [0.1, 0.15) is 21.7 Å². The maximum Gasteiger partial charge on any atom is 0.354 e. The Kier molecular flexibility index (Phi) is 3.63. The molecular weight excluding hydrogens is 274 g/mol. The van der Waals surface area contributed by atoms with Crippen molar-refractivity contribution in [2.24, 2.45) is 0 Å². The Bertz CT molecular complexity index is 793. The van der Waals surface area contributed by atoms with Crippen LogP contribution in [0.3, 0.4) is 0 Å².